The third-order valence-electron chi connectivity index (χ3n) is 4.74. The molecule has 2 atom stereocenters. The standard InChI is InChI=1S/C17H24N2O/c1-12-15-6-4-5-7-16(15)19(3)17(12)11-18-10-14-8-9-20-13(14)2/h4-7,13-14,18H,8-11H2,1-3H3. The maximum atomic E-state index is 5.62. The summed E-state index contributed by atoms with van der Waals surface area (Å²) in [6, 6.07) is 8.63. The first-order valence-electron chi connectivity index (χ1n) is 7.53. The summed E-state index contributed by atoms with van der Waals surface area (Å²) in [4.78, 5) is 0. The van der Waals surface area contributed by atoms with Crippen molar-refractivity contribution in [2.75, 3.05) is 13.2 Å². The number of nitrogens with zero attached hydrogens (tertiary/aromatic N) is 1. The molecule has 108 valence electrons. The lowest BCUT2D eigenvalue weighted by Gasteiger charge is -2.15. The van der Waals surface area contributed by atoms with Crippen molar-refractivity contribution in [2.45, 2.75) is 32.9 Å². The van der Waals surface area contributed by atoms with Crippen LogP contribution in [0.1, 0.15) is 24.6 Å². The highest BCUT2D eigenvalue weighted by Gasteiger charge is 2.23. The number of aryl methyl sites for hydroxylation is 2. The van der Waals surface area contributed by atoms with Crippen molar-refractivity contribution in [3.8, 4) is 0 Å². The minimum atomic E-state index is 0.399. The summed E-state index contributed by atoms with van der Waals surface area (Å²) >= 11 is 0. The van der Waals surface area contributed by atoms with Gasteiger partial charge in [-0.2, -0.15) is 0 Å². The lowest BCUT2D eigenvalue weighted by atomic mass is 10.0. The van der Waals surface area contributed by atoms with E-state index in [1.807, 2.05) is 0 Å². The van der Waals surface area contributed by atoms with E-state index in [0.29, 0.717) is 12.0 Å². The van der Waals surface area contributed by atoms with Gasteiger partial charge in [-0.3, -0.25) is 0 Å². The smallest absolute Gasteiger partial charge is 0.0588 e. The zero-order chi connectivity index (χ0) is 14.1. The maximum Gasteiger partial charge on any atom is 0.0588 e. The van der Waals surface area contributed by atoms with Crippen molar-refractivity contribution in [3.05, 3.63) is 35.5 Å². The van der Waals surface area contributed by atoms with E-state index in [9.17, 15) is 0 Å². The van der Waals surface area contributed by atoms with Crippen LogP contribution < -0.4 is 5.32 Å². The van der Waals surface area contributed by atoms with E-state index < -0.39 is 0 Å². The number of hydrogen-bond donors (Lipinski definition) is 1. The largest absolute Gasteiger partial charge is 0.378 e. The molecule has 1 fully saturated rings. The van der Waals surface area contributed by atoms with Gasteiger partial charge in [0, 0.05) is 43.3 Å². The molecule has 0 radical (unpaired) electrons. The Balaban J connectivity index is 1.71. The van der Waals surface area contributed by atoms with Crippen LogP contribution in [0.25, 0.3) is 10.9 Å². The summed E-state index contributed by atoms with van der Waals surface area (Å²) in [5.74, 6) is 0.657. The van der Waals surface area contributed by atoms with E-state index in [1.165, 1.54) is 28.6 Å². The number of ether oxygens (including phenoxy) is 1. The molecule has 1 aliphatic rings. The molecule has 2 heterocycles. The SMILES string of the molecule is Cc1c(CNCC2CCOC2C)n(C)c2ccccc12. The monoisotopic (exact) mass is 272 g/mol. The molecule has 1 aromatic carbocycles. The van der Waals surface area contributed by atoms with Crippen molar-refractivity contribution in [2.24, 2.45) is 13.0 Å². The minimum Gasteiger partial charge on any atom is -0.378 e. The second kappa shape index (κ2) is 5.58. The van der Waals surface area contributed by atoms with Gasteiger partial charge in [0.2, 0.25) is 0 Å². The molecule has 3 nitrogen and oxygen atoms in total. The first-order valence-corrected chi connectivity index (χ1v) is 7.53. The van der Waals surface area contributed by atoms with Crippen LogP contribution in [0.15, 0.2) is 24.3 Å². The second-order valence-electron chi connectivity index (χ2n) is 5.90. The number of fused-ring (bicyclic) bond motifs is 1. The van der Waals surface area contributed by atoms with Gasteiger partial charge in [0.25, 0.3) is 0 Å². The maximum absolute atomic E-state index is 5.62. The van der Waals surface area contributed by atoms with Crippen molar-refractivity contribution >= 4 is 10.9 Å². The normalized spacial score (nSPS) is 22.8. The van der Waals surface area contributed by atoms with Crippen LogP contribution in [0, 0.1) is 12.8 Å². The van der Waals surface area contributed by atoms with Crippen molar-refractivity contribution in [3.63, 3.8) is 0 Å². The summed E-state index contributed by atoms with van der Waals surface area (Å²) in [6.07, 6.45) is 1.58. The van der Waals surface area contributed by atoms with Crippen molar-refractivity contribution in [1.29, 1.82) is 0 Å². The molecule has 0 bridgehead atoms. The number of para-hydroxylation sites is 1. The van der Waals surface area contributed by atoms with Crippen molar-refractivity contribution < 1.29 is 4.74 Å². The minimum absolute atomic E-state index is 0.399. The second-order valence-corrected chi connectivity index (χ2v) is 5.90. The van der Waals surface area contributed by atoms with Crippen LogP contribution in [0.4, 0.5) is 0 Å². The molecule has 0 aliphatic carbocycles. The number of hydrogen-bond acceptors (Lipinski definition) is 2. The fraction of sp³-hybridized carbons (Fsp3) is 0.529. The molecule has 1 aromatic heterocycles. The highest BCUT2D eigenvalue weighted by molar-refractivity contribution is 5.85. The average Bonchev–Trinajstić information content (AvgIpc) is 2.97. The van der Waals surface area contributed by atoms with E-state index in [4.69, 9.17) is 4.74 Å². The first-order chi connectivity index (χ1) is 9.68. The molecule has 0 spiro atoms. The van der Waals surface area contributed by atoms with Crippen molar-refractivity contribution in [1.82, 2.24) is 9.88 Å². The lowest BCUT2D eigenvalue weighted by Crippen LogP contribution is -2.27. The van der Waals surface area contributed by atoms with Crippen LogP contribution in [0.2, 0.25) is 0 Å². The van der Waals surface area contributed by atoms with Crippen LogP contribution >= 0.6 is 0 Å². The number of benzene rings is 1. The predicted octanol–water partition coefficient (Wildman–Crippen LogP) is 3.00. The molecule has 1 N–H and O–H groups in total. The fourth-order valence-corrected chi connectivity index (χ4v) is 3.31. The molecule has 0 saturated carbocycles. The average molecular weight is 272 g/mol. The molecule has 2 unspecified atom stereocenters. The Morgan fingerprint density at radius 2 is 2.15 bits per heavy atom. The summed E-state index contributed by atoms with van der Waals surface area (Å²) in [6.45, 7) is 7.30. The Bertz CT molecular complexity index is 563. The highest BCUT2D eigenvalue weighted by atomic mass is 16.5. The van der Waals surface area contributed by atoms with E-state index in [2.05, 4.69) is 55.0 Å². The highest BCUT2D eigenvalue weighted by Crippen LogP contribution is 2.24. The Kier molecular flexibility index (Phi) is 3.81. The van der Waals surface area contributed by atoms with Crippen LogP contribution in [0.5, 0.6) is 0 Å². The van der Waals surface area contributed by atoms with Crippen LogP contribution in [-0.2, 0) is 18.3 Å². The summed E-state index contributed by atoms with van der Waals surface area (Å²) in [5.41, 5.74) is 4.10. The zero-order valence-corrected chi connectivity index (χ0v) is 12.6. The van der Waals surface area contributed by atoms with Gasteiger partial charge < -0.3 is 14.6 Å². The van der Waals surface area contributed by atoms with E-state index >= 15 is 0 Å². The summed E-state index contributed by atoms with van der Waals surface area (Å²) < 4.78 is 7.93. The van der Waals surface area contributed by atoms with Crippen LogP contribution in [-0.4, -0.2) is 23.8 Å². The Hall–Kier alpha value is -1.32. The Morgan fingerprint density at radius 1 is 1.35 bits per heavy atom. The first kappa shape index (κ1) is 13.7. The summed E-state index contributed by atoms with van der Waals surface area (Å²) in [5, 5.41) is 4.98. The van der Waals surface area contributed by atoms with Gasteiger partial charge in [-0.1, -0.05) is 18.2 Å². The van der Waals surface area contributed by atoms with Crippen LogP contribution in [0.3, 0.4) is 0 Å². The van der Waals surface area contributed by atoms with E-state index in [0.717, 1.165) is 19.7 Å². The number of rotatable bonds is 4. The summed E-state index contributed by atoms with van der Waals surface area (Å²) in [7, 11) is 2.16. The predicted molar refractivity (Wildman–Crippen MR) is 82.9 cm³/mol. The van der Waals surface area contributed by atoms with Gasteiger partial charge in [-0.05, 0) is 37.8 Å². The topological polar surface area (TPSA) is 26.2 Å². The molecule has 1 saturated heterocycles. The quantitative estimate of drug-likeness (QED) is 0.926. The molecule has 20 heavy (non-hydrogen) atoms. The lowest BCUT2D eigenvalue weighted by molar-refractivity contribution is 0.105. The fourth-order valence-electron chi connectivity index (χ4n) is 3.31. The van der Waals surface area contributed by atoms with Gasteiger partial charge in [-0.15, -0.1) is 0 Å². The Labute approximate surface area is 120 Å². The van der Waals surface area contributed by atoms with E-state index in [1.54, 1.807) is 0 Å². The van der Waals surface area contributed by atoms with Gasteiger partial charge >= 0.3 is 0 Å². The molecular formula is C17H24N2O. The number of nitrogens with one attached hydrogen (secondary N) is 1. The van der Waals surface area contributed by atoms with Gasteiger partial charge in [0.1, 0.15) is 0 Å². The molecule has 2 aromatic rings. The molecule has 3 rings (SSSR count). The molecular weight excluding hydrogens is 248 g/mol. The molecule has 3 heteroatoms. The van der Waals surface area contributed by atoms with Gasteiger partial charge in [0.15, 0.2) is 0 Å². The third kappa shape index (κ3) is 2.36. The van der Waals surface area contributed by atoms with Gasteiger partial charge in [-0.25, -0.2) is 0 Å². The molecule has 0 amide bonds. The zero-order valence-electron chi connectivity index (χ0n) is 12.6. The van der Waals surface area contributed by atoms with E-state index in [-0.39, 0.29) is 0 Å². The van der Waals surface area contributed by atoms with Gasteiger partial charge in [0.05, 0.1) is 6.10 Å². The third-order valence-corrected chi connectivity index (χ3v) is 4.74. The number of aromatic nitrogens is 1. The molecule has 1 aliphatic heterocycles. The Morgan fingerprint density at radius 3 is 2.85 bits per heavy atom.